The number of aliphatic hydroxyl groups excluding tert-OH is 1. The average Bonchev–Trinajstić information content (AvgIpc) is 2.47. The van der Waals surface area contributed by atoms with E-state index in [1.54, 1.807) is 0 Å². The number of likely N-dealkylation sites (tertiary alicyclic amines) is 1. The van der Waals surface area contributed by atoms with Gasteiger partial charge in [0.1, 0.15) is 0 Å². The van der Waals surface area contributed by atoms with Crippen LogP contribution in [0.1, 0.15) is 42.1 Å². The van der Waals surface area contributed by atoms with Gasteiger partial charge >= 0.3 is 0 Å². The fourth-order valence-corrected chi connectivity index (χ4v) is 2.79. The first kappa shape index (κ1) is 14.9. The molecule has 4 heteroatoms. The Morgan fingerprint density at radius 2 is 2.25 bits per heavy atom. The smallest absolute Gasteiger partial charge is 0.256 e. The molecule has 2 rings (SSSR count). The van der Waals surface area contributed by atoms with Crippen LogP contribution in [-0.2, 0) is 0 Å². The van der Waals surface area contributed by atoms with E-state index in [9.17, 15) is 9.90 Å². The zero-order valence-corrected chi connectivity index (χ0v) is 12.4. The molecule has 0 aliphatic carbocycles. The highest BCUT2D eigenvalue weighted by atomic mass is 16.3. The molecule has 110 valence electrons. The molecular formula is C16H24N2O2. The summed E-state index contributed by atoms with van der Waals surface area (Å²) in [5.74, 6) is 0.0275. The van der Waals surface area contributed by atoms with Crippen molar-refractivity contribution in [3.05, 3.63) is 29.3 Å². The maximum atomic E-state index is 12.8. The standard InChI is InChI=1S/C16H24N2O2/c1-3-17-15-10-12(2)7-8-14(15)16(20)18-9-5-4-6-13(18)11-19/h7-8,10,13,17,19H,3-6,9,11H2,1-2H3. The van der Waals surface area contributed by atoms with Crippen LogP contribution in [0.2, 0.25) is 0 Å². The number of aryl methyl sites for hydroxylation is 1. The number of hydrogen-bond acceptors (Lipinski definition) is 3. The Bertz CT molecular complexity index is 474. The number of anilines is 1. The van der Waals surface area contributed by atoms with E-state index in [2.05, 4.69) is 5.32 Å². The first-order valence-electron chi connectivity index (χ1n) is 7.43. The molecule has 1 heterocycles. The highest BCUT2D eigenvalue weighted by molar-refractivity contribution is 6.00. The zero-order valence-electron chi connectivity index (χ0n) is 12.4. The van der Waals surface area contributed by atoms with Crippen LogP contribution in [-0.4, -0.2) is 41.7 Å². The highest BCUT2D eigenvalue weighted by Gasteiger charge is 2.28. The van der Waals surface area contributed by atoms with Gasteiger partial charge in [0, 0.05) is 18.8 Å². The van der Waals surface area contributed by atoms with E-state index < -0.39 is 0 Å². The molecule has 1 aromatic carbocycles. The number of benzene rings is 1. The number of nitrogens with one attached hydrogen (secondary N) is 1. The first-order valence-corrected chi connectivity index (χ1v) is 7.43. The number of amides is 1. The molecule has 1 unspecified atom stereocenters. The van der Waals surface area contributed by atoms with Gasteiger partial charge in [0.15, 0.2) is 0 Å². The molecule has 2 N–H and O–H groups in total. The maximum Gasteiger partial charge on any atom is 0.256 e. The number of hydrogen-bond donors (Lipinski definition) is 2. The minimum absolute atomic E-state index is 0.0275. The van der Waals surface area contributed by atoms with Crippen LogP contribution in [0.15, 0.2) is 18.2 Å². The van der Waals surface area contributed by atoms with Crippen molar-refractivity contribution < 1.29 is 9.90 Å². The molecule has 0 spiro atoms. The summed E-state index contributed by atoms with van der Waals surface area (Å²) in [5.41, 5.74) is 2.73. The van der Waals surface area contributed by atoms with Crippen LogP contribution in [0.3, 0.4) is 0 Å². The van der Waals surface area contributed by atoms with E-state index in [0.717, 1.165) is 43.6 Å². The third-order valence-electron chi connectivity index (χ3n) is 3.87. The van der Waals surface area contributed by atoms with Crippen LogP contribution in [0.4, 0.5) is 5.69 Å². The Morgan fingerprint density at radius 3 is 2.95 bits per heavy atom. The second kappa shape index (κ2) is 6.75. The Hall–Kier alpha value is -1.55. The Kier molecular flexibility index (Phi) is 5.01. The van der Waals surface area contributed by atoms with Crippen molar-refractivity contribution in [1.29, 1.82) is 0 Å². The summed E-state index contributed by atoms with van der Waals surface area (Å²) in [4.78, 5) is 14.6. The molecule has 0 aromatic heterocycles. The van der Waals surface area contributed by atoms with Crippen LogP contribution < -0.4 is 5.32 Å². The second-order valence-corrected chi connectivity index (χ2v) is 5.41. The molecule has 1 aromatic rings. The number of rotatable bonds is 4. The molecule has 4 nitrogen and oxygen atoms in total. The SMILES string of the molecule is CCNc1cc(C)ccc1C(=O)N1CCCCC1CO. The van der Waals surface area contributed by atoms with Gasteiger partial charge in [-0.2, -0.15) is 0 Å². The van der Waals surface area contributed by atoms with E-state index in [4.69, 9.17) is 0 Å². The summed E-state index contributed by atoms with van der Waals surface area (Å²) < 4.78 is 0. The monoisotopic (exact) mass is 276 g/mol. The molecule has 1 aliphatic rings. The number of nitrogens with zero attached hydrogens (tertiary/aromatic N) is 1. The molecule has 1 amide bonds. The fourth-order valence-electron chi connectivity index (χ4n) is 2.79. The molecular weight excluding hydrogens is 252 g/mol. The number of carbonyl (C=O) groups excluding carboxylic acids is 1. The molecule has 20 heavy (non-hydrogen) atoms. The number of aliphatic hydroxyl groups is 1. The lowest BCUT2D eigenvalue weighted by Crippen LogP contribution is -2.45. The Balaban J connectivity index is 2.27. The summed E-state index contributed by atoms with van der Waals surface area (Å²) in [7, 11) is 0. The number of carbonyl (C=O) groups is 1. The minimum atomic E-state index is -0.0352. The largest absolute Gasteiger partial charge is 0.394 e. The summed E-state index contributed by atoms with van der Waals surface area (Å²) in [6, 6.07) is 5.83. The first-order chi connectivity index (χ1) is 9.67. The van der Waals surface area contributed by atoms with Gasteiger partial charge in [-0.15, -0.1) is 0 Å². The van der Waals surface area contributed by atoms with E-state index >= 15 is 0 Å². The van der Waals surface area contributed by atoms with Crippen LogP contribution in [0.5, 0.6) is 0 Å². The van der Waals surface area contributed by atoms with Gasteiger partial charge in [0.05, 0.1) is 18.2 Å². The summed E-state index contributed by atoms with van der Waals surface area (Å²) >= 11 is 0. The van der Waals surface area contributed by atoms with Gasteiger partial charge in [-0.3, -0.25) is 4.79 Å². The molecule has 1 saturated heterocycles. The van der Waals surface area contributed by atoms with Gasteiger partial charge in [-0.1, -0.05) is 6.07 Å². The van der Waals surface area contributed by atoms with Gasteiger partial charge in [-0.05, 0) is 50.8 Å². The highest BCUT2D eigenvalue weighted by Crippen LogP contribution is 2.24. The normalized spacial score (nSPS) is 18.9. The van der Waals surface area contributed by atoms with Gasteiger partial charge in [0.25, 0.3) is 5.91 Å². The Labute approximate surface area is 120 Å². The van der Waals surface area contributed by atoms with Gasteiger partial charge in [0.2, 0.25) is 0 Å². The van der Waals surface area contributed by atoms with Crippen molar-refractivity contribution in [2.45, 2.75) is 39.2 Å². The quantitative estimate of drug-likeness (QED) is 0.888. The van der Waals surface area contributed by atoms with Crippen molar-refractivity contribution in [3.63, 3.8) is 0 Å². The molecule has 1 fully saturated rings. The predicted molar refractivity (Wildman–Crippen MR) is 81.1 cm³/mol. The molecule has 0 bridgehead atoms. The average molecular weight is 276 g/mol. The molecule has 0 radical (unpaired) electrons. The molecule has 1 atom stereocenters. The summed E-state index contributed by atoms with van der Waals surface area (Å²) in [6.07, 6.45) is 3.00. The third kappa shape index (κ3) is 3.12. The van der Waals surface area contributed by atoms with E-state index in [1.165, 1.54) is 0 Å². The lowest BCUT2D eigenvalue weighted by Gasteiger charge is -2.35. The van der Waals surface area contributed by atoms with Gasteiger partial charge < -0.3 is 15.3 Å². The third-order valence-corrected chi connectivity index (χ3v) is 3.87. The zero-order chi connectivity index (χ0) is 14.5. The van der Waals surface area contributed by atoms with Crippen molar-refractivity contribution in [1.82, 2.24) is 4.90 Å². The molecule has 0 saturated carbocycles. The fraction of sp³-hybridized carbons (Fsp3) is 0.562. The van der Waals surface area contributed by atoms with E-state index in [-0.39, 0.29) is 18.6 Å². The summed E-state index contributed by atoms with van der Waals surface area (Å²) in [6.45, 7) is 5.62. The second-order valence-electron chi connectivity index (χ2n) is 5.41. The van der Waals surface area contributed by atoms with Crippen LogP contribution in [0.25, 0.3) is 0 Å². The number of piperidine rings is 1. The summed E-state index contributed by atoms with van der Waals surface area (Å²) in [5, 5.41) is 12.7. The van der Waals surface area contributed by atoms with Crippen LogP contribution in [0, 0.1) is 6.92 Å². The van der Waals surface area contributed by atoms with Crippen LogP contribution >= 0.6 is 0 Å². The van der Waals surface area contributed by atoms with Crippen molar-refractivity contribution >= 4 is 11.6 Å². The van der Waals surface area contributed by atoms with Crippen molar-refractivity contribution in [2.75, 3.05) is 25.0 Å². The van der Waals surface area contributed by atoms with E-state index in [1.807, 2.05) is 36.9 Å². The molecule has 1 aliphatic heterocycles. The predicted octanol–water partition coefficient (Wildman–Crippen LogP) is 2.41. The van der Waals surface area contributed by atoms with Crippen molar-refractivity contribution in [3.8, 4) is 0 Å². The lowest BCUT2D eigenvalue weighted by atomic mass is 10.0. The minimum Gasteiger partial charge on any atom is -0.394 e. The van der Waals surface area contributed by atoms with Gasteiger partial charge in [-0.25, -0.2) is 0 Å². The lowest BCUT2D eigenvalue weighted by molar-refractivity contribution is 0.0504. The van der Waals surface area contributed by atoms with E-state index in [0.29, 0.717) is 5.56 Å². The maximum absolute atomic E-state index is 12.8. The Morgan fingerprint density at radius 1 is 1.45 bits per heavy atom. The van der Waals surface area contributed by atoms with Crippen molar-refractivity contribution in [2.24, 2.45) is 0 Å². The topological polar surface area (TPSA) is 52.6 Å².